The molecular weight excluding hydrogens is 343 g/mol. The van der Waals surface area contributed by atoms with Crippen LogP contribution < -0.4 is 10.1 Å². The van der Waals surface area contributed by atoms with Crippen molar-refractivity contribution < 1.29 is 27.6 Å². The fourth-order valence-corrected chi connectivity index (χ4v) is 2.44. The molecule has 1 N–H and O–H groups in total. The Bertz CT molecular complexity index is 718. The van der Waals surface area contributed by atoms with E-state index in [-0.39, 0.29) is 23.8 Å². The van der Waals surface area contributed by atoms with Gasteiger partial charge in [0.05, 0.1) is 18.3 Å². The maximum absolute atomic E-state index is 14.3. The molecule has 0 saturated carbocycles. The Morgan fingerprint density at radius 2 is 1.77 bits per heavy atom. The number of carbonyl (C=O) groups is 1. The molecule has 5 nitrogen and oxygen atoms in total. The third-order valence-electron chi connectivity index (χ3n) is 4.74. The zero-order chi connectivity index (χ0) is 19.7. The van der Waals surface area contributed by atoms with Gasteiger partial charge < -0.3 is 19.4 Å². The number of nitrogens with one attached hydrogen (secondary N) is 1. The number of ether oxygens (including phenoxy) is 1. The molecule has 1 saturated heterocycles. The molecule has 0 atom stereocenters. The molecule has 1 aliphatic heterocycles. The molecular formula is C18H24BF2NO4. The monoisotopic (exact) mass is 367 g/mol. The number of carbonyl (C=O) groups excluding carboxylic acids is 1. The lowest BCUT2D eigenvalue weighted by atomic mass is 9.77. The largest absolute Gasteiger partial charge is 0.494 e. The Hall–Kier alpha value is -1.93. The molecule has 142 valence electrons. The average molecular weight is 367 g/mol. The molecule has 1 fully saturated rings. The van der Waals surface area contributed by atoms with Gasteiger partial charge in [-0.3, -0.25) is 4.79 Å². The van der Waals surface area contributed by atoms with Crippen molar-refractivity contribution >= 4 is 19.1 Å². The second kappa shape index (κ2) is 7.36. The van der Waals surface area contributed by atoms with Crippen LogP contribution in [0.4, 0.5) is 8.78 Å². The van der Waals surface area contributed by atoms with E-state index in [1.54, 1.807) is 0 Å². The van der Waals surface area contributed by atoms with Crippen LogP contribution in [0.1, 0.15) is 40.2 Å². The molecule has 1 heterocycles. The summed E-state index contributed by atoms with van der Waals surface area (Å²) in [4.78, 5) is 11.3. The molecule has 1 aliphatic rings. The zero-order valence-electron chi connectivity index (χ0n) is 15.9. The second-order valence-electron chi connectivity index (χ2n) is 7.20. The van der Waals surface area contributed by atoms with E-state index < -0.39 is 30.0 Å². The van der Waals surface area contributed by atoms with Crippen molar-refractivity contribution in [3.05, 3.63) is 34.8 Å². The summed E-state index contributed by atoms with van der Waals surface area (Å²) in [6, 6.07) is 2.74. The predicted octanol–water partition coefficient (Wildman–Crippen LogP) is 3.12. The Morgan fingerprint density at radius 3 is 2.27 bits per heavy atom. The molecule has 0 aliphatic carbocycles. The Morgan fingerprint density at radius 1 is 1.19 bits per heavy atom. The van der Waals surface area contributed by atoms with Crippen LogP contribution in [0.5, 0.6) is 5.75 Å². The quantitative estimate of drug-likeness (QED) is 0.813. The normalized spacial score (nSPS) is 18.8. The van der Waals surface area contributed by atoms with Crippen molar-refractivity contribution in [3.63, 3.8) is 0 Å². The van der Waals surface area contributed by atoms with E-state index in [9.17, 15) is 13.6 Å². The van der Waals surface area contributed by atoms with Gasteiger partial charge in [-0.1, -0.05) is 6.08 Å². The van der Waals surface area contributed by atoms with E-state index in [0.717, 1.165) is 0 Å². The number of halogens is 2. The molecule has 0 bridgehead atoms. The molecule has 1 aromatic rings. The van der Waals surface area contributed by atoms with Gasteiger partial charge in [-0.2, -0.15) is 4.39 Å². The fourth-order valence-electron chi connectivity index (χ4n) is 2.44. The zero-order valence-corrected chi connectivity index (χ0v) is 15.9. The topological polar surface area (TPSA) is 56.8 Å². The molecule has 1 amide bonds. The molecule has 1 aromatic carbocycles. The van der Waals surface area contributed by atoms with E-state index in [4.69, 9.17) is 14.0 Å². The van der Waals surface area contributed by atoms with Gasteiger partial charge in [-0.25, -0.2) is 4.39 Å². The lowest BCUT2D eigenvalue weighted by Crippen LogP contribution is -2.41. The van der Waals surface area contributed by atoms with Crippen molar-refractivity contribution in [1.29, 1.82) is 0 Å². The fraction of sp³-hybridized carbons (Fsp3) is 0.500. The number of rotatable bonds is 5. The minimum Gasteiger partial charge on any atom is -0.494 e. The van der Waals surface area contributed by atoms with Gasteiger partial charge in [0.1, 0.15) is 0 Å². The SMILES string of the molecule is COc1ccc(C=C(CNC(C)=O)B2OC(C)(C)C(C)(C)O2)c(F)c1F. The summed E-state index contributed by atoms with van der Waals surface area (Å²) in [7, 11) is 0.469. The Balaban J connectivity index is 2.41. The number of methoxy groups -OCH3 is 1. The van der Waals surface area contributed by atoms with Gasteiger partial charge in [-0.05, 0) is 45.3 Å². The number of hydrogen-bond donors (Lipinski definition) is 1. The molecule has 0 spiro atoms. The first kappa shape index (κ1) is 20.4. The van der Waals surface area contributed by atoms with E-state index in [2.05, 4.69) is 5.32 Å². The van der Waals surface area contributed by atoms with Gasteiger partial charge in [0, 0.05) is 19.0 Å². The molecule has 8 heteroatoms. The first-order valence-electron chi connectivity index (χ1n) is 8.31. The Labute approximate surface area is 152 Å². The summed E-state index contributed by atoms with van der Waals surface area (Å²) in [5.74, 6) is -2.55. The maximum Gasteiger partial charge on any atom is 0.492 e. The van der Waals surface area contributed by atoms with E-state index >= 15 is 0 Å². The van der Waals surface area contributed by atoms with E-state index in [0.29, 0.717) is 5.47 Å². The van der Waals surface area contributed by atoms with Crippen LogP contribution in [-0.4, -0.2) is 37.9 Å². The molecule has 26 heavy (non-hydrogen) atoms. The van der Waals surface area contributed by atoms with Crippen LogP contribution in [0.2, 0.25) is 0 Å². The summed E-state index contributed by atoms with van der Waals surface area (Å²) < 4.78 is 45.0. The van der Waals surface area contributed by atoms with Crippen molar-refractivity contribution in [2.75, 3.05) is 13.7 Å². The van der Waals surface area contributed by atoms with E-state index in [1.165, 1.54) is 32.2 Å². The number of hydrogen-bond acceptors (Lipinski definition) is 4. The standard InChI is InChI=1S/C18H24BF2NO4/c1-11(23)22-10-13(19-25-17(2,3)18(4,5)26-19)9-12-7-8-14(24-6)16(21)15(12)20/h7-9H,10H2,1-6H3,(H,22,23). The summed E-state index contributed by atoms with van der Waals surface area (Å²) in [5, 5.41) is 2.65. The molecule has 0 radical (unpaired) electrons. The maximum atomic E-state index is 14.3. The van der Waals surface area contributed by atoms with Crippen LogP contribution in [-0.2, 0) is 14.1 Å². The molecule has 2 rings (SSSR count). The van der Waals surface area contributed by atoms with Gasteiger partial charge in [0.2, 0.25) is 11.7 Å². The highest BCUT2D eigenvalue weighted by atomic mass is 19.2. The average Bonchev–Trinajstić information content (AvgIpc) is 2.75. The lowest BCUT2D eigenvalue weighted by molar-refractivity contribution is -0.118. The summed E-state index contributed by atoms with van der Waals surface area (Å²) >= 11 is 0. The van der Waals surface area contributed by atoms with Crippen LogP contribution in [0, 0.1) is 11.6 Å². The van der Waals surface area contributed by atoms with Crippen molar-refractivity contribution in [3.8, 4) is 5.75 Å². The van der Waals surface area contributed by atoms with Crippen molar-refractivity contribution in [2.24, 2.45) is 0 Å². The van der Waals surface area contributed by atoms with Gasteiger partial charge >= 0.3 is 7.12 Å². The smallest absolute Gasteiger partial charge is 0.492 e. The van der Waals surface area contributed by atoms with Gasteiger partial charge in [0.15, 0.2) is 11.6 Å². The second-order valence-corrected chi connectivity index (χ2v) is 7.20. The molecule has 0 unspecified atom stereocenters. The summed E-state index contributed by atoms with van der Waals surface area (Å²) in [6.07, 6.45) is 1.43. The number of amides is 1. The first-order valence-corrected chi connectivity index (χ1v) is 8.31. The predicted molar refractivity (Wildman–Crippen MR) is 95.7 cm³/mol. The highest BCUT2D eigenvalue weighted by Gasteiger charge is 2.52. The summed E-state index contributed by atoms with van der Waals surface area (Å²) in [6.45, 7) is 9.00. The van der Waals surface area contributed by atoms with Crippen molar-refractivity contribution in [1.82, 2.24) is 5.32 Å². The first-order chi connectivity index (χ1) is 12.0. The van der Waals surface area contributed by atoms with Gasteiger partial charge in [-0.15, -0.1) is 0 Å². The van der Waals surface area contributed by atoms with Crippen LogP contribution in [0.15, 0.2) is 17.6 Å². The lowest BCUT2D eigenvalue weighted by Gasteiger charge is -2.32. The van der Waals surface area contributed by atoms with E-state index in [1.807, 2.05) is 27.7 Å². The van der Waals surface area contributed by atoms with Crippen LogP contribution in [0.25, 0.3) is 6.08 Å². The van der Waals surface area contributed by atoms with Crippen molar-refractivity contribution in [2.45, 2.75) is 45.8 Å². The van der Waals surface area contributed by atoms with Crippen LogP contribution >= 0.6 is 0 Å². The number of benzene rings is 1. The Kier molecular flexibility index (Phi) is 5.77. The third kappa shape index (κ3) is 4.07. The highest BCUT2D eigenvalue weighted by Crippen LogP contribution is 2.39. The summed E-state index contributed by atoms with van der Waals surface area (Å²) in [5.41, 5.74) is -0.714. The minimum absolute atomic E-state index is 0.0124. The third-order valence-corrected chi connectivity index (χ3v) is 4.74. The molecule has 0 aromatic heterocycles. The highest BCUT2D eigenvalue weighted by molar-refractivity contribution is 6.56. The van der Waals surface area contributed by atoms with Gasteiger partial charge in [0.25, 0.3) is 0 Å². The van der Waals surface area contributed by atoms with Crippen LogP contribution in [0.3, 0.4) is 0 Å². The minimum atomic E-state index is -1.07.